The molecular formula is C8H9F3OS. The lowest BCUT2D eigenvalue weighted by Gasteiger charge is -2.00. The molecule has 5 heteroatoms. The van der Waals surface area contributed by atoms with Gasteiger partial charge in [0.2, 0.25) is 0 Å². The molecule has 1 rings (SSSR count). The first-order valence-corrected chi connectivity index (χ1v) is 4.62. The monoisotopic (exact) mass is 210 g/mol. The van der Waals surface area contributed by atoms with Crippen LogP contribution in [0.4, 0.5) is 13.2 Å². The predicted molar refractivity (Wildman–Crippen MR) is 44.7 cm³/mol. The van der Waals surface area contributed by atoms with Crippen molar-refractivity contribution in [3.8, 4) is 0 Å². The van der Waals surface area contributed by atoms with Crippen molar-refractivity contribution in [1.82, 2.24) is 0 Å². The molecule has 13 heavy (non-hydrogen) atoms. The molecule has 1 nitrogen and oxygen atoms in total. The number of hydrogen-bond acceptors (Lipinski definition) is 2. The fourth-order valence-electron chi connectivity index (χ4n) is 0.918. The van der Waals surface area contributed by atoms with Crippen LogP contribution in [0.25, 0.3) is 0 Å². The van der Waals surface area contributed by atoms with Crippen molar-refractivity contribution in [2.45, 2.75) is 19.0 Å². The highest BCUT2D eigenvalue weighted by molar-refractivity contribution is 7.12. The third-order valence-electron chi connectivity index (χ3n) is 1.52. The second-order valence-corrected chi connectivity index (χ2v) is 3.76. The molecule has 0 aromatic carbocycles. The molecule has 1 N–H and O–H groups in total. The SMILES string of the molecule is OCCCc1ccc(C(F)(F)F)s1. The number of aliphatic hydroxyl groups excluding tert-OH is 1. The highest BCUT2D eigenvalue weighted by Gasteiger charge is 2.32. The van der Waals surface area contributed by atoms with E-state index >= 15 is 0 Å². The van der Waals surface area contributed by atoms with Crippen molar-refractivity contribution in [3.63, 3.8) is 0 Å². The van der Waals surface area contributed by atoms with E-state index in [2.05, 4.69) is 0 Å². The maximum atomic E-state index is 12.1. The van der Waals surface area contributed by atoms with Gasteiger partial charge in [-0.2, -0.15) is 13.2 Å². The second-order valence-electron chi connectivity index (χ2n) is 2.59. The summed E-state index contributed by atoms with van der Waals surface area (Å²) in [5.74, 6) is 0. The van der Waals surface area contributed by atoms with Crippen molar-refractivity contribution in [2.24, 2.45) is 0 Å². The van der Waals surface area contributed by atoms with Gasteiger partial charge in [0.25, 0.3) is 0 Å². The summed E-state index contributed by atoms with van der Waals surface area (Å²) in [6.45, 7) is 0.0131. The van der Waals surface area contributed by atoms with Gasteiger partial charge in [0.05, 0.1) is 0 Å². The van der Waals surface area contributed by atoms with E-state index in [0.29, 0.717) is 17.7 Å². The van der Waals surface area contributed by atoms with E-state index in [1.165, 1.54) is 6.07 Å². The summed E-state index contributed by atoms with van der Waals surface area (Å²) in [5, 5.41) is 8.48. The van der Waals surface area contributed by atoms with Gasteiger partial charge < -0.3 is 5.11 Å². The average molecular weight is 210 g/mol. The van der Waals surface area contributed by atoms with Crippen LogP contribution in [0.3, 0.4) is 0 Å². The van der Waals surface area contributed by atoms with Gasteiger partial charge in [-0.1, -0.05) is 0 Å². The van der Waals surface area contributed by atoms with E-state index in [1.54, 1.807) is 0 Å². The first kappa shape index (κ1) is 10.5. The molecular weight excluding hydrogens is 201 g/mol. The van der Waals surface area contributed by atoms with Gasteiger partial charge in [0.1, 0.15) is 4.88 Å². The van der Waals surface area contributed by atoms with E-state index in [0.717, 1.165) is 17.4 Å². The molecule has 0 aliphatic carbocycles. The van der Waals surface area contributed by atoms with E-state index in [9.17, 15) is 13.2 Å². The third-order valence-corrected chi connectivity index (χ3v) is 2.71. The van der Waals surface area contributed by atoms with Gasteiger partial charge in [-0.25, -0.2) is 0 Å². The number of aryl methyl sites for hydroxylation is 1. The minimum atomic E-state index is -4.23. The Bertz CT molecular complexity index is 267. The van der Waals surface area contributed by atoms with E-state index in [1.807, 2.05) is 0 Å². The van der Waals surface area contributed by atoms with Crippen molar-refractivity contribution in [2.75, 3.05) is 6.61 Å². The summed E-state index contributed by atoms with van der Waals surface area (Å²) in [5.41, 5.74) is 0. The lowest BCUT2D eigenvalue weighted by Crippen LogP contribution is -2.00. The number of alkyl halides is 3. The molecule has 0 saturated heterocycles. The molecule has 0 fully saturated rings. The summed E-state index contributed by atoms with van der Waals surface area (Å²) >= 11 is 0.744. The fourth-order valence-corrected chi connectivity index (χ4v) is 1.83. The molecule has 0 radical (unpaired) electrons. The number of thiophene rings is 1. The Morgan fingerprint density at radius 1 is 1.31 bits per heavy atom. The lowest BCUT2D eigenvalue weighted by atomic mass is 10.3. The van der Waals surface area contributed by atoms with Crippen LogP contribution >= 0.6 is 11.3 Å². The minimum Gasteiger partial charge on any atom is -0.396 e. The Morgan fingerprint density at radius 2 is 2.00 bits per heavy atom. The van der Waals surface area contributed by atoms with Crippen LogP contribution < -0.4 is 0 Å². The van der Waals surface area contributed by atoms with E-state index in [-0.39, 0.29) is 6.61 Å². The van der Waals surface area contributed by atoms with Gasteiger partial charge in [-0.15, -0.1) is 11.3 Å². The summed E-state index contributed by atoms with van der Waals surface area (Å²) in [7, 11) is 0. The number of hydrogen-bond donors (Lipinski definition) is 1. The zero-order valence-corrected chi connectivity index (χ0v) is 7.58. The summed E-state index contributed by atoms with van der Waals surface area (Å²) in [6, 6.07) is 2.54. The maximum Gasteiger partial charge on any atom is 0.425 e. The van der Waals surface area contributed by atoms with Crippen molar-refractivity contribution in [1.29, 1.82) is 0 Å². The molecule has 0 aliphatic rings. The van der Waals surface area contributed by atoms with Gasteiger partial charge in [0, 0.05) is 11.5 Å². The van der Waals surface area contributed by atoms with Crippen LogP contribution in [0.2, 0.25) is 0 Å². The standard InChI is InChI=1S/C8H9F3OS/c9-8(10,11)7-4-3-6(13-7)2-1-5-12/h3-4,12H,1-2,5H2. The molecule has 1 aromatic heterocycles. The number of aliphatic hydroxyl groups is 1. The number of rotatable bonds is 3. The smallest absolute Gasteiger partial charge is 0.396 e. The van der Waals surface area contributed by atoms with Crippen molar-refractivity contribution >= 4 is 11.3 Å². The maximum absolute atomic E-state index is 12.1. The zero-order chi connectivity index (χ0) is 9.90. The van der Waals surface area contributed by atoms with Crippen LogP contribution in [0.15, 0.2) is 12.1 Å². The summed E-state index contributed by atoms with van der Waals surface area (Å²) in [4.78, 5) is 0.0989. The molecule has 0 saturated carbocycles. The Hall–Kier alpha value is -0.550. The highest BCUT2D eigenvalue weighted by atomic mass is 32.1. The lowest BCUT2D eigenvalue weighted by molar-refractivity contribution is -0.134. The molecule has 0 amide bonds. The topological polar surface area (TPSA) is 20.2 Å². The van der Waals surface area contributed by atoms with Crippen LogP contribution in [0, 0.1) is 0 Å². The summed E-state index contributed by atoms with van der Waals surface area (Å²) < 4.78 is 36.3. The molecule has 74 valence electrons. The first-order valence-electron chi connectivity index (χ1n) is 3.81. The number of halogens is 3. The molecule has 0 atom stereocenters. The fraction of sp³-hybridized carbons (Fsp3) is 0.500. The van der Waals surface area contributed by atoms with Crippen LogP contribution in [0.5, 0.6) is 0 Å². The molecule has 0 unspecified atom stereocenters. The predicted octanol–water partition coefficient (Wildman–Crippen LogP) is 2.69. The van der Waals surface area contributed by atoms with Gasteiger partial charge >= 0.3 is 6.18 Å². The molecule has 1 heterocycles. The molecule has 1 aromatic rings. The quantitative estimate of drug-likeness (QED) is 0.813. The van der Waals surface area contributed by atoms with Crippen LogP contribution in [-0.2, 0) is 12.6 Å². The summed E-state index contributed by atoms with van der Waals surface area (Å²) in [6.07, 6.45) is -3.21. The molecule has 0 aliphatic heterocycles. The van der Waals surface area contributed by atoms with Gasteiger partial charge in [-0.05, 0) is 25.0 Å². The van der Waals surface area contributed by atoms with Gasteiger partial charge in [-0.3, -0.25) is 0 Å². The Balaban J connectivity index is 2.64. The van der Waals surface area contributed by atoms with E-state index < -0.39 is 11.1 Å². The molecule has 0 bridgehead atoms. The largest absolute Gasteiger partial charge is 0.425 e. The normalized spacial score (nSPS) is 12.0. The Kier molecular flexibility index (Phi) is 3.33. The minimum absolute atomic E-state index is 0.0131. The zero-order valence-electron chi connectivity index (χ0n) is 6.77. The Morgan fingerprint density at radius 3 is 2.46 bits per heavy atom. The van der Waals surface area contributed by atoms with Crippen molar-refractivity contribution < 1.29 is 18.3 Å². The Labute approximate surface area is 77.8 Å². The van der Waals surface area contributed by atoms with Crippen LogP contribution in [0.1, 0.15) is 16.2 Å². The first-order chi connectivity index (χ1) is 6.04. The van der Waals surface area contributed by atoms with Crippen LogP contribution in [-0.4, -0.2) is 11.7 Å². The second kappa shape index (κ2) is 4.11. The van der Waals surface area contributed by atoms with Gasteiger partial charge in [0.15, 0.2) is 0 Å². The molecule has 0 spiro atoms. The van der Waals surface area contributed by atoms with E-state index in [4.69, 9.17) is 5.11 Å². The average Bonchev–Trinajstić information content (AvgIpc) is 2.47. The van der Waals surface area contributed by atoms with Crippen molar-refractivity contribution in [3.05, 3.63) is 21.9 Å². The highest BCUT2D eigenvalue weighted by Crippen LogP contribution is 2.34. The third kappa shape index (κ3) is 3.00.